The zero-order chi connectivity index (χ0) is 15.2. The molecule has 1 aromatic heterocycles. The quantitative estimate of drug-likeness (QED) is 0.684. The standard InChI is InChI=1S/C15H20N2O2S2/c1-10-3-4-12-11(9-10)13(16)14(21-12)15(19)17-5-8-20-7-2-6-18/h3-4,9,18H,2,5-8,16H2,1H3,(H,17,19). The van der Waals surface area contributed by atoms with Crippen LogP contribution in [0.5, 0.6) is 0 Å². The molecule has 0 spiro atoms. The lowest BCUT2D eigenvalue weighted by Gasteiger charge is -2.04. The number of nitrogen functional groups attached to an aromatic ring is 1. The number of thiophene rings is 1. The van der Waals surface area contributed by atoms with Gasteiger partial charge in [0.25, 0.3) is 5.91 Å². The Bertz CT molecular complexity index is 625. The molecule has 0 fully saturated rings. The minimum Gasteiger partial charge on any atom is -0.397 e. The Morgan fingerprint density at radius 3 is 3.00 bits per heavy atom. The number of hydrogen-bond acceptors (Lipinski definition) is 5. The molecule has 4 N–H and O–H groups in total. The van der Waals surface area contributed by atoms with E-state index >= 15 is 0 Å². The van der Waals surface area contributed by atoms with Crippen LogP contribution in [0.1, 0.15) is 21.7 Å². The molecule has 0 bridgehead atoms. The van der Waals surface area contributed by atoms with Crippen LogP contribution < -0.4 is 11.1 Å². The summed E-state index contributed by atoms with van der Waals surface area (Å²) in [5, 5.41) is 12.5. The van der Waals surface area contributed by atoms with Gasteiger partial charge in [0, 0.05) is 29.0 Å². The van der Waals surface area contributed by atoms with E-state index in [4.69, 9.17) is 10.8 Å². The van der Waals surface area contributed by atoms with Crippen molar-refractivity contribution < 1.29 is 9.90 Å². The molecule has 0 atom stereocenters. The molecule has 0 aliphatic rings. The van der Waals surface area contributed by atoms with Crippen LogP contribution >= 0.6 is 23.1 Å². The van der Waals surface area contributed by atoms with Gasteiger partial charge in [0.1, 0.15) is 4.88 Å². The molecule has 0 aliphatic carbocycles. The first-order valence-electron chi connectivity index (χ1n) is 6.89. The molecule has 0 unspecified atom stereocenters. The molecule has 6 heteroatoms. The van der Waals surface area contributed by atoms with Crippen molar-refractivity contribution >= 4 is 44.8 Å². The molecule has 114 valence electrons. The number of fused-ring (bicyclic) bond motifs is 1. The highest BCUT2D eigenvalue weighted by atomic mass is 32.2. The van der Waals surface area contributed by atoms with Gasteiger partial charge in [0.2, 0.25) is 0 Å². The SMILES string of the molecule is Cc1ccc2sc(C(=O)NCCSCCCO)c(N)c2c1. The Morgan fingerprint density at radius 1 is 1.43 bits per heavy atom. The highest BCUT2D eigenvalue weighted by molar-refractivity contribution is 7.99. The van der Waals surface area contributed by atoms with Crippen molar-refractivity contribution in [1.82, 2.24) is 5.32 Å². The lowest BCUT2D eigenvalue weighted by Crippen LogP contribution is -2.25. The van der Waals surface area contributed by atoms with Gasteiger partial charge < -0.3 is 16.2 Å². The fourth-order valence-electron chi connectivity index (χ4n) is 1.98. The van der Waals surface area contributed by atoms with Gasteiger partial charge in [-0.15, -0.1) is 11.3 Å². The second-order valence-electron chi connectivity index (χ2n) is 4.79. The topological polar surface area (TPSA) is 75.3 Å². The van der Waals surface area contributed by atoms with Gasteiger partial charge in [-0.3, -0.25) is 4.79 Å². The van der Waals surface area contributed by atoms with Crippen molar-refractivity contribution in [2.24, 2.45) is 0 Å². The summed E-state index contributed by atoms with van der Waals surface area (Å²) in [4.78, 5) is 12.8. The highest BCUT2D eigenvalue weighted by Gasteiger charge is 2.15. The van der Waals surface area contributed by atoms with E-state index in [2.05, 4.69) is 5.32 Å². The van der Waals surface area contributed by atoms with E-state index in [-0.39, 0.29) is 12.5 Å². The van der Waals surface area contributed by atoms with E-state index in [1.54, 1.807) is 11.8 Å². The Morgan fingerprint density at radius 2 is 2.24 bits per heavy atom. The summed E-state index contributed by atoms with van der Waals surface area (Å²) in [6.07, 6.45) is 0.793. The fourth-order valence-corrected chi connectivity index (χ4v) is 3.79. The summed E-state index contributed by atoms with van der Waals surface area (Å²) in [6.45, 7) is 2.85. The Balaban J connectivity index is 1.95. The van der Waals surface area contributed by atoms with Crippen molar-refractivity contribution in [3.05, 3.63) is 28.6 Å². The molecule has 0 radical (unpaired) electrons. The minimum atomic E-state index is -0.103. The van der Waals surface area contributed by atoms with Crippen LogP contribution in [0.2, 0.25) is 0 Å². The number of aliphatic hydroxyl groups is 1. The van der Waals surface area contributed by atoms with Crippen molar-refractivity contribution in [1.29, 1.82) is 0 Å². The molecule has 0 saturated heterocycles. The number of anilines is 1. The zero-order valence-electron chi connectivity index (χ0n) is 12.0. The van der Waals surface area contributed by atoms with Crippen molar-refractivity contribution in [3.8, 4) is 0 Å². The molecule has 1 amide bonds. The van der Waals surface area contributed by atoms with E-state index in [9.17, 15) is 4.79 Å². The van der Waals surface area contributed by atoms with Crippen LogP contribution in [0.4, 0.5) is 5.69 Å². The molecular weight excluding hydrogens is 304 g/mol. The van der Waals surface area contributed by atoms with Gasteiger partial charge in [0.05, 0.1) is 5.69 Å². The number of thioether (sulfide) groups is 1. The maximum atomic E-state index is 12.2. The third-order valence-corrected chi connectivity index (χ3v) is 5.32. The van der Waals surface area contributed by atoms with E-state index in [0.717, 1.165) is 33.6 Å². The summed E-state index contributed by atoms with van der Waals surface area (Å²) < 4.78 is 1.04. The summed E-state index contributed by atoms with van der Waals surface area (Å²) in [5.41, 5.74) is 7.81. The fraction of sp³-hybridized carbons (Fsp3) is 0.400. The molecule has 0 aliphatic heterocycles. The number of benzene rings is 1. The van der Waals surface area contributed by atoms with Crippen LogP contribution in [-0.4, -0.2) is 35.7 Å². The van der Waals surface area contributed by atoms with Gasteiger partial charge in [0.15, 0.2) is 0 Å². The Hall–Kier alpha value is -1.24. The average molecular weight is 324 g/mol. The predicted octanol–water partition coefficient (Wildman–Crippen LogP) is 2.64. The first-order valence-corrected chi connectivity index (χ1v) is 8.86. The summed E-state index contributed by atoms with van der Waals surface area (Å²) in [5.74, 6) is 1.65. The van der Waals surface area contributed by atoms with E-state index in [0.29, 0.717) is 17.1 Å². The second kappa shape index (κ2) is 7.68. The number of carbonyl (C=O) groups excluding carboxylic acids is 1. The third kappa shape index (κ3) is 4.12. The molecule has 21 heavy (non-hydrogen) atoms. The van der Waals surface area contributed by atoms with Crippen LogP contribution in [0, 0.1) is 6.92 Å². The number of nitrogens with two attached hydrogens (primary N) is 1. The van der Waals surface area contributed by atoms with Crippen LogP contribution in [-0.2, 0) is 0 Å². The van der Waals surface area contributed by atoms with Crippen molar-refractivity contribution in [2.45, 2.75) is 13.3 Å². The number of hydrogen-bond donors (Lipinski definition) is 3. The highest BCUT2D eigenvalue weighted by Crippen LogP contribution is 2.34. The lowest BCUT2D eigenvalue weighted by molar-refractivity contribution is 0.0961. The van der Waals surface area contributed by atoms with Gasteiger partial charge in [-0.2, -0.15) is 11.8 Å². The van der Waals surface area contributed by atoms with Gasteiger partial charge in [-0.1, -0.05) is 11.6 Å². The van der Waals surface area contributed by atoms with E-state index < -0.39 is 0 Å². The zero-order valence-corrected chi connectivity index (χ0v) is 13.6. The predicted molar refractivity (Wildman–Crippen MR) is 92.3 cm³/mol. The minimum absolute atomic E-state index is 0.103. The summed E-state index contributed by atoms with van der Waals surface area (Å²) >= 11 is 3.16. The van der Waals surface area contributed by atoms with Gasteiger partial charge in [-0.25, -0.2) is 0 Å². The molecule has 2 rings (SSSR count). The van der Waals surface area contributed by atoms with E-state index in [1.165, 1.54) is 11.3 Å². The molecule has 1 aromatic carbocycles. The smallest absolute Gasteiger partial charge is 0.263 e. The maximum absolute atomic E-state index is 12.2. The Labute approximate surface area is 132 Å². The normalized spacial score (nSPS) is 11.0. The van der Waals surface area contributed by atoms with Crippen LogP contribution in [0.25, 0.3) is 10.1 Å². The monoisotopic (exact) mass is 324 g/mol. The van der Waals surface area contributed by atoms with Gasteiger partial charge >= 0.3 is 0 Å². The average Bonchev–Trinajstić information content (AvgIpc) is 2.79. The molecular formula is C15H20N2O2S2. The van der Waals surface area contributed by atoms with E-state index in [1.807, 2.05) is 25.1 Å². The second-order valence-corrected chi connectivity index (χ2v) is 7.07. The summed E-state index contributed by atoms with van der Waals surface area (Å²) in [6, 6.07) is 6.05. The number of carbonyl (C=O) groups is 1. The van der Waals surface area contributed by atoms with Crippen molar-refractivity contribution in [3.63, 3.8) is 0 Å². The molecule has 1 heterocycles. The third-order valence-electron chi connectivity index (χ3n) is 3.07. The molecule has 4 nitrogen and oxygen atoms in total. The number of aliphatic hydroxyl groups excluding tert-OH is 1. The van der Waals surface area contributed by atoms with Crippen molar-refractivity contribution in [2.75, 3.05) is 30.4 Å². The largest absolute Gasteiger partial charge is 0.397 e. The number of nitrogens with one attached hydrogen (secondary N) is 1. The first kappa shape index (κ1) is 16.1. The Kier molecular flexibility index (Phi) is 5.90. The first-order chi connectivity index (χ1) is 10.1. The number of aryl methyl sites for hydroxylation is 1. The van der Waals surface area contributed by atoms with Crippen LogP contribution in [0.3, 0.4) is 0 Å². The van der Waals surface area contributed by atoms with Gasteiger partial charge in [-0.05, 0) is 31.2 Å². The lowest BCUT2D eigenvalue weighted by atomic mass is 10.1. The maximum Gasteiger partial charge on any atom is 0.263 e. The number of rotatable bonds is 7. The van der Waals surface area contributed by atoms with Crippen LogP contribution in [0.15, 0.2) is 18.2 Å². The number of amides is 1. The molecule has 0 saturated carbocycles. The molecule has 2 aromatic rings. The summed E-state index contributed by atoms with van der Waals surface area (Å²) in [7, 11) is 0.